The molecule has 0 fully saturated rings. The molecule has 0 heterocycles. The highest BCUT2D eigenvalue weighted by molar-refractivity contribution is 6.13. The van der Waals surface area contributed by atoms with Gasteiger partial charge in [-0.05, 0) is 12.8 Å². The summed E-state index contributed by atoms with van der Waals surface area (Å²) in [4.78, 5) is 25.2. The highest BCUT2D eigenvalue weighted by Gasteiger charge is 2.21. The summed E-state index contributed by atoms with van der Waals surface area (Å²) in [7, 11) is 3.47. The topological polar surface area (TPSA) is 55.8 Å². The average Bonchev–Trinajstić information content (AvgIpc) is 2.36. The van der Waals surface area contributed by atoms with E-state index < -0.39 is 11.9 Å². The van der Waals surface area contributed by atoms with Crippen molar-refractivity contribution < 1.29 is 19.1 Å². The monoisotopic (exact) mass is 271 g/mol. The molecule has 0 rings (SSSR count). The molecule has 0 aromatic heterocycles. The zero-order valence-corrected chi connectivity index (χ0v) is 12.4. The van der Waals surface area contributed by atoms with Crippen molar-refractivity contribution in [2.45, 2.75) is 39.5 Å². The van der Waals surface area contributed by atoms with Crippen LogP contribution in [0.15, 0.2) is 11.8 Å². The average molecular weight is 271 g/mol. The summed E-state index contributed by atoms with van der Waals surface area (Å²) in [5.41, 5.74) is -0.0581. The minimum absolute atomic E-state index is 0.0581. The Morgan fingerprint density at radius 1 is 0.947 bits per heavy atom. The van der Waals surface area contributed by atoms with Crippen molar-refractivity contribution in [3.63, 3.8) is 0 Å². The van der Waals surface area contributed by atoms with Crippen LogP contribution < -0.4 is 0 Å². The van der Waals surface area contributed by atoms with E-state index in [2.05, 4.69) is 0 Å². The van der Waals surface area contributed by atoms with Gasteiger partial charge in [-0.15, -0.1) is 0 Å². The second-order valence-electron chi connectivity index (χ2n) is 4.49. The number of carbonyl (C=O) groups is 2. The van der Waals surface area contributed by atoms with Gasteiger partial charge in [0.1, 0.15) is 0 Å². The van der Waals surface area contributed by atoms with Gasteiger partial charge >= 0.3 is 11.9 Å². The van der Waals surface area contributed by atoms with Gasteiger partial charge in [-0.1, -0.05) is 26.7 Å². The Bertz CT molecular complexity index is 287. The zero-order chi connectivity index (χ0) is 14.7. The van der Waals surface area contributed by atoms with Gasteiger partial charge in [0.05, 0.1) is 13.2 Å². The molecule has 0 aliphatic rings. The highest BCUT2D eigenvalue weighted by atomic mass is 16.6. The molecule has 0 amide bonds. The van der Waals surface area contributed by atoms with Crippen molar-refractivity contribution in [3.05, 3.63) is 11.8 Å². The lowest BCUT2D eigenvalue weighted by Gasteiger charge is -2.11. The zero-order valence-electron chi connectivity index (χ0n) is 12.4. The van der Waals surface area contributed by atoms with Crippen molar-refractivity contribution in [1.29, 1.82) is 0 Å². The molecule has 5 heteroatoms. The smallest absolute Gasteiger partial charge is 0.347 e. The van der Waals surface area contributed by atoms with Gasteiger partial charge in [-0.3, -0.25) is 0 Å². The van der Waals surface area contributed by atoms with E-state index in [1.54, 1.807) is 19.0 Å². The lowest BCUT2D eigenvalue weighted by molar-refractivity contribution is -0.147. The molecule has 5 nitrogen and oxygen atoms in total. The molecule has 0 aliphatic heterocycles. The Kier molecular flexibility index (Phi) is 9.57. The molecular weight excluding hydrogens is 246 g/mol. The first-order chi connectivity index (χ1) is 9.02. The van der Waals surface area contributed by atoms with E-state index in [1.807, 2.05) is 13.8 Å². The fourth-order valence-electron chi connectivity index (χ4n) is 1.22. The van der Waals surface area contributed by atoms with Gasteiger partial charge < -0.3 is 14.4 Å². The Hall–Kier alpha value is -1.52. The number of hydrogen-bond acceptors (Lipinski definition) is 5. The molecule has 0 aromatic rings. The standard InChI is InChI=1S/C14H25NO4/c1-5-7-9-18-13(16)12(11-15(3)4)14(17)19-10-8-6-2/h11H,5-10H2,1-4H3. The number of rotatable bonds is 9. The second kappa shape index (κ2) is 10.4. The first kappa shape index (κ1) is 17.5. The summed E-state index contributed by atoms with van der Waals surface area (Å²) >= 11 is 0. The van der Waals surface area contributed by atoms with E-state index in [-0.39, 0.29) is 5.57 Å². The lowest BCUT2D eigenvalue weighted by Crippen LogP contribution is -2.21. The van der Waals surface area contributed by atoms with Crippen molar-refractivity contribution in [2.75, 3.05) is 27.3 Å². The minimum atomic E-state index is -0.622. The van der Waals surface area contributed by atoms with E-state index in [0.29, 0.717) is 13.2 Å². The van der Waals surface area contributed by atoms with Gasteiger partial charge in [0.2, 0.25) is 0 Å². The van der Waals surface area contributed by atoms with Gasteiger partial charge in [0, 0.05) is 20.3 Å². The van der Waals surface area contributed by atoms with Crippen LogP contribution >= 0.6 is 0 Å². The fraction of sp³-hybridized carbons (Fsp3) is 0.714. The number of hydrogen-bond donors (Lipinski definition) is 0. The molecule has 0 unspecified atom stereocenters. The van der Waals surface area contributed by atoms with Crippen molar-refractivity contribution >= 4 is 11.9 Å². The predicted octanol–water partition coefficient (Wildman–Crippen LogP) is 2.12. The van der Waals surface area contributed by atoms with Crippen molar-refractivity contribution in [1.82, 2.24) is 4.90 Å². The number of unbranched alkanes of at least 4 members (excludes halogenated alkanes) is 2. The number of esters is 2. The van der Waals surface area contributed by atoms with Crippen LogP contribution in [0, 0.1) is 0 Å². The van der Waals surface area contributed by atoms with Gasteiger partial charge in [-0.25, -0.2) is 9.59 Å². The van der Waals surface area contributed by atoms with E-state index in [4.69, 9.17) is 9.47 Å². The summed E-state index contributed by atoms with van der Waals surface area (Å²) in [6.45, 7) is 4.65. The van der Waals surface area contributed by atoms with Crippen LogP contribution in [0.2, 0.25) is 0 Å². The maximum absolute atomic E-state index is 11.8. The molecule has 0 saturated heterocycles. The van der Waals surface area contributed by atoms with Crippen molar-refractivity contribution in [3.8, 4) is 0 Å². The first-order valence-electron chi connectivity index (χ1n) is 6.75. The molecule has 110 valence electrons. The third-order valence-electron chi connectivity index (χ3n) is 2.29. The molecule has 0 N–H and O–H groups in total. The highest BCUT2D eigenvalue weighted by Crippen LogP contribution is 2.05. The SMILES string of the molecule is CCCCOC(=O)C(=CN(C)C)C(=O)OCCCC. The summed E-state index contributed by atoms with van der Waals surface area (Å²) < 4.78 is 10.1. The number of carbonyl (C=O) groups excluding carboxylic acids is 2. The molecule has 0 radical (unpaired) electrons. The maximum Gasteiger partial charge on any atom is 0.347 e. The lowest BCUT2D eigenvalue weighted by atomic mass is 10.3. The van der Waals surface area contributed by atoms with Gasteiger partial charge in [-0.2, -0.15) is 0 Å². The summed E-state index contributed by atoms with van der Waals surface area (Å²) in [6.07, 6.45) is 4.86. The van der Waals surface area contributed by atoms with Crippen LogP contribution in [0.3, 0.4) is 0 Å². The van der Waals surface area contributed by atoms with E-state index in [1.165, 1.54) is 6.20 Å². The maximum atomic E-state index is 11.8. The van der Waals surface area contributed by atoms with Gasteiger partial charge in [0.15, 0.2) is 5.57 Å². The second-order valence-corrected chi connectivity index (χ2v) is 4.49. The van der Waals surface area contributed by atoms with Crippen molar-refractivity contribution in [2.24, 2.45) is 0 Å². The van der Waals surface area contributed by atoms with E-state index >= 15 is 0 Å². The van der Waals surface area contributed by atoms with Crippen LogP contribution in [0.5, 0.6) is 0 Å². The summed E-state index contributed by atoms with van der Waals surface area (Å²) in [5.74, 6) is -1.24. The molecule has 0 saturated carbocycles. The molecular formula is C14H25NO4. The van der Waals surface area contributed by atoms with E-state index in [9.17, 15) is 9.59 Å². The van der Waals surface area contributed by atoms with Gasteiger partial charge in [0.25, 0.3) is 0 Å². The first-order valence-corrected chi connectivity index (χ1v) is 6.75. The third kappa shape index (κ3) is 8.24. The molecule has 0 aliphatic carbocycles. The summed E-state index contributed by atoms with van der Waals surface area (Å²) in [6, 6.07) is 0. The molecule has 0 atom stereocenters. The Morgan fingerprint density at radius 2 is 1.37 bits per heavy atom. The molecule has 0 aromatic carbocycles. The molecule has 0 spiro atoms. The van der Waals surface area contributed by atoms with Crippen LogP contribution in [-0.4, -0.2) is 44.1 Å². The van der Waals surface area contributed by atoms with Crippen LogP contribution in [0.4, 0.5) is 0 Å². The largest absolute Gasteiger partial charge is 0.462 e. The molecule has 0 bridgehead atoms. The molecule has 19 heavy (non-hydrogen) atoms. The Balaban J connectivity index is 4.53. The Morgan fingerprint density at radius 3 is 1.68 bits per heavy atom. The number of nitrogens with zero attached hydrogens (tertiary/aromatic N) is 1. The normalized spacial score (nSPS) is 9.68. The predicted molar refractivity (Wildman–Crippen MR) is 73.5 cm³/mol. The van der Waals surface area contributed by atoms with E-state index in [0.717, 1.165) is 25.7 Å². The number of ether oxygens (including phenoxy) is 2. The minimum Gasteiger partial charge on any atom is -0.462 e. The summed E-state index contributed by atoms with van der Waals surface area (Å²) in [5, 5.41) is 0. The quantitative estimate of drug-likeness (QED) is 0.211. The Labute approximate surface area is 115 Å². The van der Waals surface area contributed by atoms with Crippen LogP contribution in [-0.2, 0) is 19.1 Å². The van der Waals surface area contributed by atoms with Crippen LogP contribution in [0.1, 0.15) is 39.5 Å². The third-order valence-corrected chi connectivity index (χ3v) is 2.29. The van der Waals surface area contributed by atoms with Crippen LogP contribution in [0.25, 0.3) is 0 Å². The fourth-order valence-corrected chi connectivity index (χ4v) is 1.22.